The second kappa shape index (κ2) is 6.53. The summed E-state index contributed by atoms with van der Waals surface area (Å²) in [6.45, 7) is 2.08. The number of aryl methyl sites for hydroxylation is 1. The van der Waals surface area contributed by atoms with Crippen molar-refractivity contribution in [3.05, 3.63) is 70.0 Å². The number of rotatable bonds is 4. The molecule has 1 unspecified atom stereocenters. The van der Waals surface area contributed by atoms with Crippen molar-refractivity contribution in [2.24, 2.45) is 0 Å². The standard InChI is InChI=1S/C16H15BrClF/c1-11-3-2-4-12(7-11)14(10-17)8-13-5-6-15(19)9-16(13)18/h2-7,9,14H,8,10H2,1H3. The van der Waals surface area contributed by atoms with E-state index in [0.717, 1.165) is 17.3 Å². The molecule has 0 aliphatic heterocycles. The smallest absolute Gasteiger partial charge is 0.124 e. The lowest BCUT2D eigenvalue weighted by molar-refractivity contribution is 0.626. The molecule has 0 heterocycles. The maximum absolute atomic E-state index is 13.0. The Balaban J connectivity index is 2.24. The number of hydrogen-bond acceptors (Lipinski definition) is 0. The first-order chi connectivity index (χ1) is 9.10. The van der Waals surface area contributed by atoms with Crippen LogP contribution in [0.3, 0.4) is 0 Å². The fraction of sp³-hybridized carbons (Fsp3) is 0.250. The molecule has 0 aliphatic rings. The van der Waals surface area contributed by atoms with Gasteiger partial charge in [-0.1, -0.05) is 63.4 Å². The van der Waals surface area contributed by atoms with Crippen molar-refractivity contribution in [1.29, 1.82) is 0 Å². The Morgan fingerprint density at radius 1 is 1.21 bits per heavy atom. The summed E-state index contributed by atoms with van der Waals surface area (Å²) in [4.78, 5) is 0. The van der Waals surface area contributed by atoms with E-state index >= 15 is 0 Å². The van der Waals surface area contributed by atoms with Crippen molar-refractivity contribution in [2.75, 3.05) is 5.33 Å². The maximum Gasteiger partial charge on any atom is 0.124 e. The number of benzene rings is 2. The van der Waals surface area contributed by atoms with Crippen LogP contribution in [0.1, 0.15) is 22.6 Å². The van der Waals surface area contributed by atoms with E-state index in [1.165, 1.54) is 23.3 Å². The van der Waals surface area contributed by atoms with Gasteiger partial charge in [-0.05, 0) is 42.5 Å². The lowest BCUT2D eigenvalue weighted by Gasteiger charge is -2.16. The van der Waals surface area contributed by atoms with Crippen LogP contribution >= 0.6 is 27.5 Å². The van der Waals surface area contributed by atoms with Crippen molar-refractivity contribution in [3.8, 4) is 0 Å². The van der Waals surface area contributed by atoms with E-state index in [0.29, 0.717) is 10.9 Å². The van der Waals surface area contributed by atoms with Crippen LogP contribution < -0.4 is 0 Å². The minimum atomic E-state index is -0.292. The Labute approximate surface area is 126 Å². The molecule has 0 radical (unpaired) electrons. The first kappa shape index (κ1) is 14.5. The van der Waals surface area contributed by atoms with Crippen molar-refractivity contribution < 1.29 is 4.39 Å². The van der Waals surface area contributed by atoms with Crippen LogP contribution in [0.5, 0.6) is 0 Å². The molecule has 2 aromatic carbocycles. The molecule has 0 spiro atoms. The molecule has 0 fully saturated rings. The Morgan fingerprint density at radius 3 is 2.63 bits per heavy atom. The molecule has 0 N–H and O–H groups in total. The van der Waals surface area contributed by atoms with Crippen molar-refractivity contribution in [2.45, 2.75) is 19.3 Å². The predicted molar refractivity (Wildman–Crippen MR) is 82.8 cm³/mol. The fourth-order valence-electron chi connectivity index (χ4n) is 2.14. The van der Waals surface area contributed by atoms with E-state index in [1.807, 2.05) is 0 Å². The molecule has 0 nitrogen and oxygen atoms in total. The summed E-state index contributed by atoms with van der Waals surface area (Å²) in [7, 11) is 0. The predicted octanol–water partition coefficient (Wildman–Crippen LogP) is 5.51. The van der Waals surface area contributed by atoms with Crippen molar-refractivity contribution >= 4 is 27.5 Å². The highest BCUT2D eigenvalue weighted by molar-refractivity contribution is 9.09. The van der Waals surface area contributed by atoms with Gasteiger partial charge in [-0.15, -0.1) is 0 Å². The summed E-state index contributed by atoms with van der Waals surface area (Å²) in [5.41, 5.74) is 3.50. The van der Waals surface area contributed by atoms with Crippen LogP contribution in [-0.4, -0.2) is 5.33 Å². The third kappa shape index (κ3) is 3.80. The summed E-state index contributed by atoms with van der Waals surface area (Å²) in [5, 5.41) is 1.35. The molecule has 1 atom stereocenters. The van der Waals surface area contributed by atoms with Crippen LogP contribution in [0.15, 0.2) is 42.5 Å². The average Bonchev–Trinajstić information content (AvgIpc) is 2.38. The van der Waals surface area contributed by atoms with Crippen LogP contribution in [-0.2, 0) is 6.42 Å². The first-order valence-electron chi connectivity index (χ1n) is 6.16. The second-order valence-electron chi connectivity index (χ2n) is 4.71. The van der Waals surface area contributed by atoms with Gasteiger partial charge in [0, 0.05) is 10.4 Å². The molecular weight excluding hydrogens is 327 g/mol. The average molecular weight is 342 g/mol. The van der Waals surface area contributed by atoms with Crippen LogP contribution in [0.2, 0.25) is 5.02 Å². The summed E-state index contributed by atoms with van der Waals surface area (Å²) < 4.78 is 13.0. The topological polar surface area (TPSA) is 0 Å². The van der Waals surface area contributed by atoms with Gasteiger partial charge in [0.15, 0.2) is 0 Å². The minimum absolute atomic E-state index is 0.292. The number of hydrogen-bond donors (Lipinski definition) is 0. The molecule has 0 saturated heterocycles. The Bertz CT molecular complexity index is 568. The van der Waals surface area contributed by atoms with Gasteiger partial charge in [-0.25, -0.2) is 4.39 Å². The normalized spacial score (nSPS) is 12.4. The van der Waals surface area contributed by atoms with Crippen molar-refractivity contribution in [3.63, 3.8) is 0 Å². The Kier molecular flexibility index (Phi) is 5.00. The van der Waals surface area contributed by atoms with E-state index < -0.39 is 0 Å². The quantitative estimate of drug-likeness (QED) is 0.643. The van der Waals surface area contributed by atoms with E-state index in [4.69, 9.17) is 11.6 Å². The molecule has 3 heteroatoms. The lowest BCUT2D eigenvalue weighted by atomic mass is 9.93. The van der Waals surface area contributed by atoms with E-state index in [1.54, 1.807) is 6.07 Å². The third-order valence-corrected chi connectivity index (χ3v) is 4.31. The van der Waals surface area contributed by atoms with Crippen LogP contribution in [0, 0.1) is 12.7 Å². The van der Waals surface area contributed by atoms with Crippen LogP contribution in [0.4, 0.5) is 4.39 Å². The largest absolute Gasteiger partial charge is 0.207 e. The molecule has 2 rings (SSSR count). The third-order valence-electron chi connectivity index (χ3n) is 3.18. The van der Waals surface area contributed by atoms with Gasteiger partial charge in [-0.2, -0.15) is 0 Å². The molecular formula is C16H15BrClF. The van der Waals surface area contributed by atoms with Gasteiger partial charge < -0.3 is 0 Å². The molecule has 19 heavy (non-hydrogen) atoms. The van der Waals surface area contributed by atoms with Gasteiger partial charge in [0.1, 0.15) is 5.82 Å². The zero-order chi connectivity index (χ0) is 13.8. The molecule has 0 bridgehead atoms. The van der Waals surface area contributed by atoms with Gasteiger partial charge >= 0.3 is 0 Å². The monoisotopic (exact) mass is 340 g/mol. The van der Waals surface area contributed by atoms with E-state index in [-0.39, 0.29) is 5.82 Å². The molecule has 0 aliphatic carbocycles. The van der Waals surface area contributed by atoms with Gasteiger partial charge in [0.05, 0.1) is 0 Å². The van der Waals surface area contributed by atoms with Gasteiger partial charge in [0.25, 0.3) is 0 Å². The zero-order valence-electron chi connectivity index (χ0n) is 10.7. The highest BCUT2D eigenvalue weighted by Crippen LogP contribution is 2.27. The van der Waals surface area contributed by atoms with Gasteiger partial charge in [0.2, 0.25) is 0 Å². The molecule has 0 aromatic heterocycles. The van der Waals surface area contributed by atoms with E-state index in [2.05, 4.69) is 47.1 Å². The van der Waals surface area contributed by atoms with E-state index in [9.17, 15) is 4.39 Å². The minimum Gasteiger partial charge on any atom is -0.207 e. The summed E-state index contributed by atoms with van der Waals surface area (Å²) in [5.74, 6) is 0.0440. The Morgan fingerprint density at radius 2 is 2.00 bits per heavy atom. The molecule has 0 saturated carbocycles. The highest BCUT2D eigenvalue weighted by atomic mass is 79.9. The highest BCUT2D eigenvalue weighted by Gasteiger charge is 2.13. The van der Waals surface area contributed by atoms with Crippen LogP contribution in [0.25, 0.3) is 0 Å². The summed E-state index contributed by atoms with van der Waals surface area (Å²) in [6.07, 6.45) is 0.799. The molecule has 100 valence electrons. The summed E-state index contributed by atoms with van der Waals surface area (Å²) in [6, 6.07) is 13.1. The number of halogens is 3. The Hall–Kier alpha value is -0.860. The maximum atomic E-state index is 13.0. The van der Waals surface area contributed by atoms with Crippen molar-refractivity contribution in [1.82, 2.24) is 0 Å². The molecule has 0 amide bonds. The molecule has 2 aromatic rings. The second-order valence-corrected chi connectivity index (χ2v) is 5.76. The number of alkyl halides is 1. The lowest BCUT2D eigenvalue weighted by Crippen LogP contribution is -2.05. The fourth-order valence-corrected chi connectivity index (χ4v) is 2.99. The SMILES string of the molecule is Cc1cccc(C(CBr)Cc2ccc(F)cc2Cl)c1. The zero-order valence-corrected chi connectivity index (χ0v) is 13.0. The van der Waals surface area contributed by atoms with Gasteiger partial charge in [-0.3, -0.25) is 0 Å². The first-order valence-corrected chi connectivity index (χ1v) is 7.66. The summed E-state index contributed by atoms with van der Waals surface area (Å²) >= 11 is 9.65.